The van der Waals surface area contributed by atoms with Gasteiger partial charge >= 0.3 is 0 Å². The Hall–Kier alpha value is 0.270. The van der Waals surface area contributed by atoms with Crippen LogP contribution in [0, 0.1) is 5.92 Å². The Bertz CT molecular complexity index is 229. The van der Waals surface area contributed by atoms with Crippen LogP contribution in [0.1, 0.15) is 46.0 Å². The summed E-state index contributed by atoms with van der Waals surface area (Å²) < 4.78 is 5.93. The molecule has 0 aromatic carbocycles. The first-order chi connectivity index (χ1) is 8.75. The van der Waals surface area contributed by atoms with Crippen LogP contribution in [-0.2, 0) is 4.74 Å². The molecule has 18 heavy (non-hydrogen) atoms. The molecular formula is C15H29NOS. The van der Waals surface area contributed by atoms with Crippen molar-refractivity contribution >= 4 is 11.8 Å². The Kier molecular flexibility index (Phi) is 6.33. The topological polar surface area (TPSA) is 12.5 Å². The minimum Gasteiger partial charge on any atom is -0.376 e. The third-order valence-electron chi connectivity index (χ3n) is 4.18. The summed E-state index contributed by atoms with van der Waals surface area (Å²) in [7, 11) is 0. The lowest BCUT2D eigenvalue weighted by Crippen LogP contribution is -2.48. The summed E-state index contributed by atoms with van der Waals surface area (Å²) in [5.74, 6) is 3.56. The summed E-state index contributed by atoms with van der Waals surface area (Å²) in [6.07, 6.45) is 7.23. The van der Waals surface area contributed by atoms with E-state index in [-0.39, 0.29) is 0 Å². The molecule has 0 radical (unpaired) electrons. The molecule has 0 N–H and O–H groups in total. The number of morpholine rings is 1. The van der Waals surface area contributed by atoms with Gasteiger partial charge in [-0.1, -0.05) is 26.7 Å². The van der Waals surface area contributed by atoms with Gasteiger partial charge in [0.25, 0.3) is 0 Å². The van der Waals surface area contributed by atoms with Crippen LogP contribution >= 0.6 is 11.8 Å². The van der Waals surface area contributed by atoms with Gasteiger partial charge in [0.05, 0.1) is 12.7 Å². The molecule has 0 saturated carbocycles. The normalized spacial score (nSPS) is 27.8. The van der Waals surface area contributed by atoms with Gasteiger partial charge in [-0.15, -0.1) is 0 Å². The smallest absolute Gasteiger partial charge is 0.0702 e. The minimum atomic E-state index is 0.507. The second-order valence-corrected chi connectivity index (χ2v) is 7.38. The van der Waals surface area contributed by atoms with Crippen molar-refractivity contribution in [2.75, 3.05) is 31.2 Å². The predicted molar refractivity (Wildman–Crippen MR) is 80.3 cm³/mol. The molecule has 0 amide bonds. The van der Waals surface area contributed by atoms with E-state index in [9.17, 15) is 0 Å². The number of thioether (sulfide) groups is 1. The fourth-order valence-corrected chi connectivity index (χ4v) is 4.13. The lowest BCUT2D eigenvalue weighted by molar-refractivity contribution is -0.0485. The second kappa shape index (κ2) is 7.76. The molecule has 3 heteroatoms. The zero-order valence-electron chi connectivity index (χ0n) is 12.1. The molecule has 2 fully saturated rings. The molecule has 1 unspecified atom stereocenters. The summed E-state index contributed by atoms with van der Waals surface area (Å²) in [5, 5.41) is 0. The van der Waals surface area contributed by atoms with E-state index in [2.05, 4.69) is 30.5 Å². The van der Waals surface area contributed by atoms with Crippen molar-refractivity contribution in [1.29, 1.82) is 0 Å². The average molecular weight is 271 g/mol. The highest BCUT2D eigenvalue weighted by Crippen LogP contribution is 2.24. The number of nitrogens with zero attached hydrogens (tertiary/aromatic N) is 1. The van der Waals surface area contributed by atoms with E-state index in [0.717, 1.165) is 25.1 Å². The third-order valence-corrected chi connectivity index (χ3v) is 5.23. The zero-order valence-corrected chi connectivity index (χ0v) is 12.9. The van der Waals surface area contributed by atoms with E-state index in [1.807, 2.05) is 0 Å². The molecule has 0 aromatic rings. The molecule has 0 aliphatic carbocycles. The molecule has 2 saturated heterocycles. The largest absolute Gasteiger partial charge is 0.376 e. The second-order valence-electron chi connectivity index (χ2n) is 6.16. The monoisotopic (exact) mass is 271 g/mol. The van der Waals surface area contributed by atoms with Crippen LogP contribution in [0.3, 0.4) is 0 Å². The molecule has 0 aromatic heterocycles. The van der Waals surface area contributed by atoms with Gasteiger partial charge in [0.1, 0.15) is 0 Å². The molecule has 0 bridgehead atoms. The Morgan fingerprint density at radius 2 is 2.06 bits per heavy atom. The molecule has 1 atom stereocenters. The first-order valence-corrected chi connectivity index (χ1v) is 8.84. The maximum absolute atomic E-state index is 5.93. The van der Waals surface area contributed by atoms with E-state index < -0.39 is 0 Å². The van der Waals surface area contributed by atoms with Crippen LogP contribution in [0.15, 0.2) is 0 Å². The molecule has 2 aliphatic rings. The minimum absolute atomic E-state index is 0.507. The summed E-state index contributed by atoms with van der Waals surface area (Å²) in [6, 6.07) is 0.850. The van der Waals surface area contributed by atoms with Gasteiger partial charge in [-0.3, -0.25) is 4.90 Å². The molecule has 2 heterocycles. The standard InChI is InChI=1S/C15H29NOS/c1-13(2)4-3-5-15-12-16(8-9-17-15)14-6-10-18-11-7-14/h13-15H,3-12H2,1-2H3. The fraction of sp³-hybridized carbons (Fsp3) is 1.00. The zero-order chi connectivity index (χ0) is 12.8. The number of rotatable bonds is 5. The van der Waals surface area contributed by atoms with E-state index in [0.29, 0.717) is 6.10 Å². The molecule has 2 rings (SSSR count). The Morgan fingerprint density at radius 3 is 2.78 bits per heavy atom. The van der Waals surface area contributed by atoms with Crippen molar-refractivity contribution < 1.29 is 4.74 Å². The maximum atomic E-state index is 5.93. The van der Waals surface area contributed by atoms with E-state index in [1.165, 1.54) is 50.2 Å². The van der Waals surface area contributed by atoms with Gasteiger partial charge in [-0.25, -0.2) is 0 Å². The van der Waals surface area contributed by atoms with Crippen molar-refractivity contribution in [3.63, 3.8) is 0 Å². The van der Waals surface area contributed by atoms with Gasteiger partial charge in [-0.05, 0) is 36.7 Å². The van der Waals surface area contributed by atoms with E-state index >= 15 is 0 Å². The quantitative estimate of drug-likeness (QED) is 0.760. The van der Waals surface area contributed by atoms with Crippen molar-refractivity contribution in [2.45, 2.75) is 58.1 Å². The fourth-order valence-electron chi connectivity index (χ4n) is 3.05. The number of hydrogen-bond donors (Lipinski definition) is 0. The summed E-state index contributed by atoms with van der Waals surface area (Å²) in [5.41, 5.74) is 0. The number of ether oxygens (including phenoxy) is 1. The summed E-state index contributed by atoms with van der Waals surface area (Å²) in [4.78, 5) is 2.71. The molecule has 0 spiro atoms. The highest BCUT2D eigenvalue weighted by atomic mass is 32.2. The van der Waals surface area contributed by atoms with Gasteiger partial charge in [0, 0.05) is 19.1 Å². The van der Waals surface area contributed by atoms with Crippen LogP contribution in [0.4, 0.5) is 0 Å². The van der Waals surface area contributed by atoms with E-state index in [4.69, 9.17) is 4.74 Å². The van der Waals surface area contributed by atoms with Gasteiger partial charge < -0.3 is 4.74 Å². The van der Waals surface area contributed by atoms with Gasteiger partial charge in [-0.2, -0.15) is 11.8 Å². The van der Waals surface area contributed by atoms with E-state index in [1.54, 1.807) is 0 Å². The van der Waals surface area contributed by atoms with Crippen molar-refractivity contribution in [3.05, 3.63) is 0 Å². The van der Waals surface area contributed by atoms with Crippen LogP contribution in [-0.4, -0.2) is 48.2 Å². The average Bonchev–Trinajstić information content (AvgIpc) is 2.40. The van der Waals surface area contributed by atoms with Crippen LogP contribution in [0.5, 0.6) is 0 Å². The Balaban J connectivity index is 1.70. The first-order valence-electron chi connectivity index (χ1n) is 7.69. The summed E-state index contributed by atoms with van der Waals surface area (Å²) in [6.45, 7) is 7.93. The van der Waals surface area contributed by atoms with Crippen LogP contribution in [0.25, 0.3) is 0 Å². The molecule has 2 aliphatic heterocycles. The number of hydrogen-bond acceptors (Lipinski definition) is 3. The molecular weight excluding hydrogens is 242 g/mol. The van der Waals surface area contributed by atoms with Crippen LogP contribution < -0.4 is 0 Å². The molecule has 2 nitrogen and oxygen atoms in total. The van der Waals surface area contributed by atoms with Gasteiger partial charge in [0.15, 0.2) is 0 Å². The highest BCUT2D eigenvalue weighted by molar-refractivity contribution is 7.99. The predicted octanol–water partition coefficient (Wildman–Crippen LogP) is 3.41. The highest BCUT2D eigenvalue weighted by Gasteiger charge is 2.27. The summed E-state index contributed by atoms with van der Waals surface area (Å²) >= 11 is 2.12. The Labute approximate surface area is 117 Å². The van der Waals surface area contributed by atoms with Crippen molar-refractivity contribution in [3.8, 4) is 0 Å². The Morgan fingerprint density at radius 1 is 1.28 bits per heavy atom. The van der Waals surface area contributed by atoms with Crippen molar-refractivity contribution in [2.24, 2.45) is 5.92 Å². The van der Waals surface area contributed by atoms with Gasteiger partial charge in [0.2, 0.25) is 0 Å². The van der Waals surface area contributed by atoms with Crippen LogP contribution in [0.2, 0.25) is 0 Å². The lowest BCUT2D eigenvalue weighted by Gasteiger charge is -2.40. The maximum Gasteiger partial charge on any atom is 0.0702 e. The SMILES string of the molecule is CC(C)CCCC1CN(C2CCSCC2)CCO1. The lowest BCUT2D eigenvalue weighted by atomic mass is 10.0. The third kappa shape index (κ3) is 4.75. The molecule has 106 valence electrons. The first kappa shape index (κ1) is 14.7. The van der Waals surface area contributed by atoms with Crippen molar-refractivity contribution in [1.82, 2.24) is 4.90 Å².